The van der Waals surface area contributed by atoms with E-state index in [1.165, 1.54) is 11.1 Å². The Bertz CT molecular complexity index is 592. The third-order valence-electron chi connectivity index (χ3n) is 4.22. The summed E-state index contributed by atoms with van der Waals surface area (Å²) in [4.78, 5) is 12.3. The van der Waals surface area contributed by atoms with Crippen molar-refractivity contribution >= 4 is 11.5 Å². The lowest BCUT2D eigenvalue weighted by Crippen LogP contribution is -2.34. The summed E-state index contributed by atoms with van der Waals surface area (Å²) in [6.07, 6.45) is 10.2. The second kappa shape index (κ2) is 7.17. The van der Waals surface area contributed by atoms with E-state index in [1.54, 1.807) is 7.11 Å². The van der Waals surface area contributed by atoms with Crippen LogP contribution < -0.4 is 4.74 Å². The van der Waals surface area contributed by atoms with Gasteiger partial charge in [0.2, 0.25) is 0 Å². The van der Waals surface area contributed by atoms with Gasteiger partial charge in [-0.3, -0.25) is 4.79 Å². The van der Waals surface area contributed by atoms with Gasteiger partial charge in [0, 0.05) is 6.42 Å². The van der Waals surface area contributed by atoms with Crippen molar-refractivity contribution in [2.24, 2.45) is 5.41 Å². The highest BCUT2D eigenvalue weighted by Gasteiger charge is 2.40. The van der Waals surface area contributed by atoms with Crippen LogP contribution in [0.3, 0.4) is 0 Å². The number of ether oxygens (including phenoxy) is 2. The van der Waals surface area contributed by atoms with Gasteiger partial charge in [0.1, 0.15) is 5.75 Å². The second-order valence-electron chi connectivity index (χ2n) is 5.54. The molecule has 1 atom stereocenters. The SMILES string of the molecule is C#CCC1(C(=O)OCC)CC=C(c2ccc(OC)cc2)CC1. The molecule has 2 rings (SSSR count). The quantitative estimate of drug-likeness (QED) is 0.612. The lowest BCUT2D eigenvalue weighted by Gasteiger charge is -2.32. The number of hydrogen-bond acceptors (Lipinski definition) is 3. The maximum Gasteiger partial charge on any atom is 0.313 e. The van der Waals surface area contributed by atoms with Gasteiger partial charge in [0.25, 0.3) is 0 Å². The first-order valence-electron chi connectivity index (χ1n) is 7.59. The highest BCUT2D eigenvalue weighted by molar-refractivity contribution is 5.80. The van der Waals surface area contributed by atoms with Gasteiger partial charge in [0.15, 0.2) is 0 Å². The average Bonchev–Trinajstić information content (AvgIpc) is 2.56. The number of carbonyl (C=O) groups excluding carboxylic acids is 1. The van der Waals surface area contributed by atoms with E-state index in [0.29, 0.717) is 19.4 Å². The van der Waals surface area contributed by atoms with Crippen molar-refractivity contribution in [2.75, 3.05) is 13.7 Å². The van der Waals surface area contributed by atoms with Gasteiger partial charge in [-0.05, 0) is 49.5 Å². The van der Waals surface area contributed by atoms with Crippen LogP contribution in [0.15, 0.2) is 30.3 Å². The Labute approximate surface area is 132 Å². The van der Waals surface area contributed by atoms with E-state index in [2.05, 4.69) is 12.0 Å². The molecule has 0 N–H and O–H groups in total. The molecular formula is C19H22O3. The van der Waals surface area contributed by atoms with Gasteiger partial charge < -0.3 is 9.47 Å². The van der Waals surface area contributed by atoms with Crippen LogP contribution in [0.5, 0.6) is 5.75 Å². The van der Waals surface area contributed by atoms with Crippen LogP contribution in [0.1, 0.15) is 38.2 Å². The van der Waals surface area contributed by atoms with Gasteiger partial charge in [-0.2, -0.15) is 0 Å². The van der Waals surface area contributed by atoms with Crippen molar-refractivity contribution in [1.29, 1.82) is 0 Å². The Kier molecular flexibility index (Phi) is 5.27. The molecule has 3 heteroatoms. The molecule has 116 valence electrons. The minimum absolute atomic E-state index is 0.169. The van der Waals surface area contributed by atoms with E-state index in [9.17, 15) is 4.79 Å². The summed E-state index contributed by atoms with van der Waals surface area (Å²) in [6, 6.07) is 7.99. The molecule has 0 radical (unpaired) electrons. The summed E-state index contributed by atoms with van der Waals surface area (Å²) in [7, 11) is 1.66. The summed E-state index contributed by atoms with van der Waals surface area (Å²) < 4.78 is 10.4. The molecule has 1 aliphatic carbocycles. The first kappa shape index (κ1) is 16.2. The monoisotopic (exact) mass is 298 g/mol. The summed E-state index contributed by atoms with van der Waals surface area (Å²) in [5.41, 5.74) is 1.86. The molecule has 1 unspecified atom stereocenters. The number of methoxy groups -OCH3 is 1. The molecule has 0 saturated carbocycles. The third-order valence-corrected chi connectivity index (χ3v) is 4.22. The summed E-state index contributed by atoms with van der Waals surface area (Å²) in [6.45, 7) is 2.21. The van der Waals surface area contributed by atoms with Gasteiger partial charge in [0.05, 0.1) is 19.1 Å². The smallest absolute Gasteiger partial charge is 0.313 e. The zero-order valence-corrected chi connectivity index (χ0v) is 13.2. The first-order valence-corrected chi connectivity index (χ1v) is 7.59. The van der Waals surface area contributed by atoms with E-state index in [4.69, 9.17) is 15.9 Å². The van der Waals surface area contributed by atoms with E-state index in [-0.39, 0.29) is 5.97 Å². The van der Waals surface area contributed by atoms with Crippen LogP contribution in [0.25, 0.3) is 5.57 Å². The molecule has 1 aromatic rings. The number of hydrogen-bond donors (Lipinski definition) is 0. The Morgan fingerprint density at radius 1 is 1.36 bits per heavy atom. The Hall–Kier alpha value is -2.21. The van der Waals surface area contributed by atoms with E-state index in [0.717, 1.165) is 18.6 Å². The molecule has 1 aliphatic rings. The van der Waals surface area contributed by atoms with Crippen LogP contribution in [-0.4, -0.2) is 19.7 Å². The number of rotatable bonds is 5. The van der Waals surface area contributed by atoms with Crippen molar-refractivity contribution in [2.45, 2.75) is 32.6 Å². The molecule has 0 spiro atoms. The normalized spacial score (nSPS) is 20.7. The lowest BCUT2D eigenvalue weighted by molar-refractivity contribution is -0.155. The molecule has 3 nitrogen and oxygen atoms in total. The van der Waals surface area contributed by atoms with E-state index >= 15 is 0 Å². The van der Waals surface area contributed by atoms with E-state index in [1.807, 2.05) is 31.2 Å². The molecule has 0 saturated heterocycles. The fourth-order valence-electron chi connectivity index (χ4n) is 2.86. The maximum atomic E-state index is 12.3. The Balaban J connectivity index is 2.18. The Morgan fingerprint density at radius 3 is 2.59 bits per heavy atom. The molecule has 0 aromatic heterocycles. The van der Waals surface area contributed by atoms with Gasteiger partial charge >= 0.3 is 5.97 Å². The van der Waals surface area contributed by atoms with Crippen LogP contribution in [0.4, 0.5) is 0 Å². The number of carbonyl (C=O) groups is 1. The van der Waals surface area contributed by atoms with Crippen molar-refractivity contribution in [3.8, 4) is 18.1 Å². The van der Waals surface area contributed by atoms with Gasteiger partial charge in [-0.15, -0.1) is 12.3 Å². The minimum atomic E-state index is -0.555. The number of esters is 1. The molecule has 0 amide bonds. The average molecular weight is 298 g/mol. The van der Waals surface area contributed by atoms with Crippen LogP contribution in [-0.2, 0) is 9.53 Å². The van der Waals surface area contributed by atoms with Gasteiger partial charge in [-0.1, -0.05) is 18.2 Å². The highest BCUT2D eigenvalue weighted by atomic mass is 16.5. The fourth-order valence-corrected chi connectivity index (χ4v) is 2.86. The van der Waals surface area contributed by atoms with Crippen molar-refractivity contribution in [3.05, 3.63) is 35.9 Å². The summed E-state index contributed by atoms with van der Waals surface area (Å²) in [5.74, 6) is 3.31. The standard InChI is InChI=1S/C19H22O3/c1-4-12-19(18(20)22-5-2)13-10-16(11-14-19)15-6-8-17(21-3)9-7-15/h1,6-10H,5,11-14H2,2-3H3. The molecule has 1 aromatic carbocycles. The Morgan fingerprint density at radius 2 is 2.09 bits per heavy atom. The van der Waals surface area contributed by atoms with Crippen LogP contribution in [0, 0.1) is 17.8 Å². The van der Waals surface area contributed by atoms with Crippen LogP contribution >= 0.6 is 0 Å². The van der Waals surface area contributed by atoms with Gasteiger partial charge in [-0.25, -0.2) is 0 Å². The van der Waals surface area contributed by atoms with Crippen molar-refractivity contribution in [1.82, 2.24) is 0 Å². The molecule has 0 aliphatic heterocycles. The minimum Gasteiger partial charge on any atom is -0.497 e. The largest absolute Gasteiger partial charge is 0.497 e. The van der Waals surface area contributed by atoms with E-state index < -0.39 is 5.41 Å². The zero-order chi connectivity index (χ0) is 16.0. The second-order valence-corrected chi connectivity index (χ2v) is 5.54. The highest BCUT2D eigenvalue weighted by Crippen LogP contribution is 2.42. The lowest BCUT2D eigenvalue weighted by atomic mass is 9.72. The summed E-state index contributed by atoms with van der Waals surface area (Å²) >= 11 is 0. The predicted octanol–water partition coefficient (Wildman–Crippen LogP) is 3.84. The third kappa shape index (κ3) is 3.33. The molecule has 0 fully saturated rings. The summed E-state index contributed by atoms with van der Waals surface area (Å²) in [5, 5.41) is 0. The van der Waals surface area contributed by atoms with Crippen molar-refractivity contribution < 1.29 is 14.3 Å². The zero-order valence-electron chi connectivity index (χ0n) is 13.2. The fraction of sp³-hybridized carbons (Fsp3) is 0.421. The number of allylic oxidation sites excluding steroid dienone is 2. The molecule has 0 heterocycles. The number of terminal acetylenes is 1. The first-order chi connectivity index (χ1) is 10.6. The van der Waals surface area contributed by atoms with Crippen molar-refractivity contribution in [3.63, 3.8) is 0 Å². The molecule has 22 heavy (non-hydrogen) atoms. The topological polar surface area (TPSA) is 35.5 Å². The molecular weight excluding hydrogens is 276 g/mol. The molecule has 0 bridgehead atoms. The number of benzene rings is 1. The maximum absolute atomic E-state index is 12.3. The van der Waals surface area contributed by atoms with Crippen LogP contribution in [0.2, 0.25) is 0 Å². The predicted molar refractivity (Wildman–Crippen MR) is 87.3 cm³/mol.